The predicted molar refractivity (Wildman–Crippen MR) is 94.0 cm³/mol. The van der Waals surface area contributed by atoms with Crippen LogP contribution in [0, 0.1) is 5.92 Å². The van der Waals surface area contributed by atoms with E-state index in [1.807, 2.05) is 26.0 Å². The maximum absolute atomic E-state index is 12.4. The zero-order valence-electron chi connectivity index (χ0n) is 13.5. The number of anilines is 2. The van der Waals surface area contributed by atoms with E-state index in [1.54, 1.807) is 36.5 Å². The highest BCUT2D eigenvalue weighted by atomic mass is 16.2. The molecule has 0 saturated carbocycles. The maximum Gasteiger partial charge on any atom is 0.257 e. The summed E-state index contributed by atoms with van der Waals surface area (Å²) in [5, 5.41) is 13.3. The first-order chi connectivity index (χ1) is 11.5. The van der Waals surface area contributed by atoms with Crippen molar-refractivity contribution in [1.29, 1.82) is 0 Å². The van der Waals surface area contributed by atoms with Gasteiger partial charge in [0, 0.05) is 22.7 Å². The molecular formula is C18H18N4O2. The molecule has 0 fully saturated rings. The third-order valence-electron chi connectivity index (χ3n) is 3.66. The lowest BCUT2D eigenvalue weighted by Crippen LogP contribution is -2.17. The molecule has 6 nitrogen and oxygen atoms in total. The lowest BCUT2D eigenvalue weighted by Gasteiger charge is -2.09. The number of rotatable bonds is 4. The third-order valence-corrected chi connectivity index (χ3v) is 3.66. The smallest absolute Gasteiger partial charge is 0.257 e. The van der Waals surface area contributed by atoms with Crippen molar-refractivity contribution in [3.8, 4) is 0 Å². The molecule has 3 aromatic rings. The van der Waals surface area contributed by atoms with E-state index in [2.05, 4.69) is 20.8 Å². The number of hydrogen-bond acceptors (Lipinski definition) is 3. The molecule has 2 aromatic carbocycles. The van der Waals surface area contributed by atoms with Gasteiger partial charge in [0.25, 0.3) is 5.91 Å². The number of hydrogen-bond donors (Lipinski definition) is 3. The highest BCUT2D eigenvalue weighted by Gasteiger charge is 2.12. The number of nitrogens with zero attached hydrogens (tertiary/aromatic N) is 1. The Bertz CT molecular complexity index is 881. The number of H-pyrrole nitrogens is 1. The van der Waals surface area contributed by atoms with E-state index < -0.39 is 0 Å². The lowest BCUT2D eigenvalue weighted by atomic mass is 10.1. The first kappa shape index (κ1) is 15.7. The minimum Gasteiger partial charge on any atom is -0.326 e. The Morgan fingerprint density at radius 2 is 1.67 bits per heavy atom. The Morgan fingerprint density at radius 1 is 1.00 bits per heavy atom. The number of aromatic amines is 1. The fourth-order valence-electron chi connectivity index (χ4n) is 2.28. The van der Waals surface area contributed by atoms with Gasteiger partial charge < -0.3 is 10.6 Å². The predicted octanol–water partition coefficient (Wildman–Crippen LogP) is 3.41. The summed E-state index contributed by atoms with van der Waals surface area (Å²) in [5.41, 5.74) is 2.58. The van der Waals surface area contributed by atoms with Crippen LogP contribution < -0.4 is 10.6 Å². The summed E-state index contributed by atoms with van der Waals surface area (Å²) < 4.78 is 0. The van der Waals surface area contributed by atoms with E-state index >= 15 is 0 Å². The summed E-state index contributed by atoms with van der Waals surface area (Å²) >= 11 is 0. The van der Waals surface area contributed by atoms with E-state index in [1.165, 1.54) is 0 Å². The normalized spacial score (nSPS) is 10.8. The van der Waals surface area contributed by atoms with Crippen molar-refractivity contribution in [2.45, 2.75) is 13.8 Å². The average Bonchev–Trinajstić information content (AvgIpc) is 3.05. The Balaban J connectivity index is 1.73. The van der Waals surface area contributed by atoms with Gasteiger partial charge in [-0.05, 0) is 30.3 Å². The van der Waals surface area contributed by atoms with Crippen LogP contribution in [-0.2, 0) is 4.79 Å². The first-order valence-electron chi connectivity index (χ1n) is 7.69. The highest BCUT2D eigenvalue weighted by Crippen LogP contribution is 2.19. The molecule has 3 N–H and O–H groups in total. The van der Waals surface area contributed by atoms with Crippen molar-refractivity contribution in [2.75, 3.05) is 10.6 Å². The van der Waals surface area contributed by atoms with Crippen LogP contribution in [0.3, 0.4) is 0 Å². The van der Waals surface area contributed by atoms with Crippen molar-refractivity contribution in [3.05, 3.63) is 54.2 Å². The first-order valence-corrected chi connectivity index (χ1v) is 7.69. The van der Waals surface area contributed by atoms with Gasteiger partial charge in [-0.15, -0.1) is 0 Å². The molecule has 0 aliphatic rings. The standard InChI is InChI=1S/C18H18N4O2/c1-11(2)17(23)20-13-6-8-14(9-7-13)21-18(24)15-5-3-4-12-10-19-22-16(12)15/h3-11H,1-2H3,(H,19,22)(H,20,23)(H,21,24). The van der Waals surface area contributed by atoms with Gasteiger partial charge in [0.05, 0.1) is 17.3 Å². The van der Waals surface area contributed by atoms with E-state index in [-0.39, 0.29) is 17.7 Å². The molecule has 0 radical (unpaired) electrons. The maximum atomic E-state index is 12.4. The topological polar surface area (TPSA) is 86.9 Å². The molecule has 0 unspecified atom stereocenters. The number of nitrogens with one attached hydrogen (secondary N) is 3. The van der Waals surface area contributed by atoms with Gasteiger partial charge in [0.15, 0.2) is 0 Å². The van der Waals surface area contributed by atoms with E-state index in [4.69, 9.17) is 0 Å². The van der Waals surface area contributed by atoms with Crippen LogP contribution in [0.15, 0.2) is 48.7 Å². The third kappa shape index (κ3) is 3.27. The van der Waals surface area contributed by atoms with Crippen molar-refractivity contribution in [3.63, 3.8) is 0 Å². The summed E-state index contributed by atoms with van der Waals surface area (Å²) in [6, 6.07) is 12.5. The SMILES string of the molecule is CC(C)C(=O)Nc1ccc(NC(=O)c2cccc3cn[nH]c23)cc1. The average molecular weight is 322 g/mol. The largest absolute Gasteiger partial charge is 0.326 e. The summed E-state index contributed by atoms with van der Waals surface area (Å²) in [4.78, 5) is 24.1. The molecule has 1 heterocycles. The van der Waals surface area contributed by atoms with Crippen molar-refractivity contribution in [1.82, 2.24) is 10.2 Å². The Kier molecular flexibility index (Phi) is 4.29. The molecule has 0 spiro atoms. The zero-order valence-corrected chi connectivity index (χ0v) is 13.5. The van der Waals surface area contributed by atoms with E-state index in [0.29, 0.717) is 22.5 Å². The summed E-state index contributed by atoms with van der Waals surface area (Å²) in [7, 11) is 0. The van der Waals surface area contributed by atoms with Gasteiger partial charge in [0.1, 0.15) is 0 Å². The van der Waals surface area contributed by atoms with E-state index in [9.17, 15) is 9.59 Å². The number of carbonyl (C=O) groups excluding carboxylic acids is 2. The molecule has 0 aliphatic heterocycles. The van der Waals surface area contributed by atoms with Crippen molar-refractivity contribution in [2.24, 2.45) is 5.92 Å². The van der Waals surface area contributed by atoms with Gasteiger partial charge in [0.2, 0.25) is 5.91 Å². The molecule has 0 bridgehead atoms. The molecule has 6 heteroatoms. The Hall–Kier alpha value is -3.15. The van der Waals surface area contributed by atoms with Crippen LogP contribution in [0.25, 0.3) is 10.9 Å². The Labute approximate surface area is 139 Å². The van der Waals surface area contributed by atoms with Gasteiger partial charge in [-0.2, -0.15) is 5.10 Å². The highest BCUT2D eigenvalue weighted by molar-refractivity contribution is 6.11. The monoisotopic (exact) mass is 322 g/mol. The van der Waals surface area contributed by atoms with Crippen molar-refractivity contribution < 1.29 is 9.59 Å². The summed E-state index contributed by atoms with van der Waals surface area (Å²) in [5.74, 6) is -0.346. The Morgan fingerprint density at radius 3 is 2.33 bits per heavy atom. The molecule has 1 aromatic heterocycles. The van der Waals surface area contributed by atoms with Crippen LogP contribution >= 0.6 is 0 Å². The fraction of sp³-hybridized carbons (Fsp3) is 0.167. The minimum atomic E-state index is -0.219. The number of carbonyl (C=O) groups is 2. The van der Waals surface area contributed by atoms with Crippen LogP contribution in [0.2, 0.25) is 0 Å². The van der Waals surface area contributed by atoms with Crippen molar-refractivity contribution >= 4 is 34.1 Å². The number of aromatic nitrogens is 2. The second-order valence-corrected chi connectivity index (χ2v) is 5.82. The number of amides is 2. The molecular weight excluding hydrogens is 304 g/mol. The van der Waals surface area contributed by atoms with Crippen LogP contribution in [0.5, 0.6) is 0 Å². The summed E-state index contributed by atoms with van der Waals surface area (Å²) in [6.45, 7) is 3.67. The number of para-hydroxylation sites is 1. The zero-order chi connectivity index (χ0) is 17.1. The summed E-state index contributed by atoms with van der Waals surface area (Å²) in [6.07, 6.45) is 1.68. The molecule has 0 aliphatic carbocycles. The molecule has 2 amide bonds. The van der Waals surface area contributed by atoms with Gasteiger partial charge in [-0.25, -0.2) is 0 Å². The molecule has 0 saturated heterocycles. The van der Waals surface area contributed by atoms with Gasteiger partial charge in [-0.3, -0.25) is 14.7 Å². The second kappa shape index (κ2) is 6.54. The molecule has 0 atom stereocenters. The molecule has 3 rings (SSSR count). The number of fused-ring (bicyclic) bond motifs is 1. The lowest BCUT2D eigenvalue weighted by molar-refractivity contribution is -0.118. The van der Waals surface area contributed by atoms with Crippen LogP contribution in [0.4, 0.5) is 11.4 Å². The van der Waals surface area contributed by atoms with Crippen LogP contribution in [-0.4, -0.2) is 22.0 Å². The molecule has 122 valence electrons. The number of benzene rings is 2. The fourth-order valence-corrected chi connectivity index (χ4v) is 2.28. The quantitative estimate of drug-likeness (QED) is 0.688. The minimum absolute atomic E-state index is 0.0438. The van der Waals surface area contributed by atoms with E-state index in [0.717, 1.165) is 5.39 Å². The van der Waals surface area contributed by atoms with Gasteiger partial charge in [-0.1, -0.05) is 26.0 Å². The van der Waals surface area contributed by atoms with Gasteiger partial charge >= 0.3 is 0 Å². The second-order valence-electron chi connectivity index (χ2n) is 5.82. The molecule has 24 heavy (non-hydrogen) atoms. The van der Waals surface area contributed by atoms with Crippen LogP contribution in [0.1, 0.15) is 24.2 Å².